The van der Waals surface area contributed by atoms with E-state index in [0.29, 0.717) is 10.6 Å². The van der Waals surface area contributed by atoms with E-state index in [-0.39, 0.29) is 11.7 Å². The summed E-state index contributed by atoms with van der Waals surface area (Å²) >= 11 is 1.36. The molecular weight excluding hydrogens is 212 g/mol. The average molecular weight is 220 g/mol. The molecule has 0 aliphatic rings. The summed E-state index contributed by atoms with van der Waals surface area (Å²) in [6, 6.07) is 4.98. The Labute approximate surface area is 90.2 Å². The molecule has 0 fully saturated rings. The molecule has 0 aliphatic heterocycles. The van der Waals surface area contributed by atoms with Crippen molar-refractivity contribution in [3.8, 4) is 5.75 Å². The van der Waals surface area contributed by atoms with Crippen LogP contribution < -0.4 is 5.32 Å². The average Bonchev–Trinajstić information content (AvgIpc) is 2.70. The molecule has 0 aliphatic carbocycles. The highest BCUT2D eigenvalue weighted by Crippen LogP contribution is 2.15. The Morgan fingerprint density at radius 2 is 2.33 bits per heavy atom. The Bertz CT molecular complexity index is 468. The van der Waals surface area contributed by atoms with Gasteiger partial charge in [0, 0.05) is 6.07 Å². The van der Waals surface area contributed by atoms with Crippen molar-refractivity contribution in [3.63, 3.8) is 0 Å². The predicted octanol–water partition coefficient (Wildman–Crippen LogP) is 2.10. The fourth-order valence-electron chi connectivity index (χ4n) is 1.10. The third-order valence-corrected chi connectivity index (χ3v) is 2.60. The summed E-state index contributed by atoms with van der Waals surface area (Å²) in [5.41, 5.74) is 0.480. The van der Waals surface area contributed by atoms with Gasteiger partial charge in [-0.3, -0.25) is 9.78 Å². The molecular formula is C10H8N2O2S. The Morgan fingerprint density at radius 3 is 3.00 bits per heavy atom. The molecule has 5 heteroatoms. The van der Waals surface area contributed by atoms with Gasteiger partial charge in [0.05, 0.1) is 23.0 Å². The molecule has 2 rings (SSSR count). The van der Waals surface area contributed by atoms with Crippen LogP contribution in [0.4, 0.5) is 5.69 Å². The maximum atomic E-state index is 11.6. The van der Waals surface area contributed by atoms with Crippen molar-refractivity contribution in [2.45, 2.75) is 0 Å². The molecule has 0 atom stereocenters. The number of aromatic hydroxyl groups is 1. The number of carbonyl (C=O) groups is 1. The van der Waals surface area contributed by atoms with Crippen LogP contribution in [-0.2, 0) is 0 Å². The van der Waals surface area contributed by atoms with Crippen LogP contribution >= 0.6 is 11.3 Å². The molecule has 2 aromatic rings. The van der Waals surface area contributed by atoms with Gasteiger partial charge < -0.3 is 10.4 Å². The standard InChI is InChI=1S/C10H8N2O2S/c13-8-4-7(5-11-6-8)12-10(14)9-2-1-3-15-9/h1-6,13H,(H,12,14). The zero-order valence-corrected chi connectivity index (χ0v) is 8.49. The zero-order chi connectivity index (χ0) is 10.7. The van der Waals surface area contributed by atoms with Gasteiger partial charge in [-0.25, -0.2) is 0 Å². The van der Waals surface area contributed by atoms with E-state index in [2.05, 4.69) is 10.3 Å². The summed E-state index contributed by atoms with van der Waals surface area (Å²) in [5.74, 6) is -0.170. The highest BCUT2D eigenvalue weighted by Gasteiger charge is 2.06. The number of pyridine rings is 1. The predicted molar refractivity (Wildman–Crippen MR) is 58.2 cm³/mol. The van der Waals surface area contributed by atoms with Gasteiger partial charge in [0.25, 0.3) is 5.91 Å². The topological polar surface area (TPSA) is 62.2 Å². The molecule has 1 amide bonds. The molecule has 0 unspecified atom stereocenters. The number of hydrogen-bond acceptors (Lipinski definition) is 4. The molecule has 0 aromatic carbocycles. The summed E-state index contributed by atoms with van der Waals surface area (Å²) in [7, 11) is 0. The molecule has 2 N–H and O–H groups in total. The first kappa shape index (κ1) is 9.67. The normalized spacial score (nSPS) is 9.87. The molecule has 0 bridgehead atoms. The second-order valence-electron chi connectivity index (χ2n) is 2.86. The molecule has 0 saturated carbocycles. The number of anilines is 1. The number of nitrogens with one attached hydrogen (secondary N) is 1. The maximum absolute atomic E-state index is 11.6. The number of aromatic nitrogens is 1. The molecule has 0 radical (unpaired) electrons. The minimum Gasteiger partial charge on any atom is -0.506 e. The number of thiophene rings is 1. The number of hydrogen-bond donors (Lipinski definition) is 2. The van der Waals surface area contributed by atoms with Gasteiger partial charge in [-0.15, -0.1) is 11.3 Å². The van der Waals surface area contributed by atoms with Gasteiger partial charge in [-0.05, 0) is 11.4 Å². The summed E-state index contributed by atoms with van der Waals surface area (Å²) in [6.45, 7) is 0. The summed E-state index contributed by atoms with van der Waals surface area (Å²) < 4.78 is 0. The first-order valence-electron chi connectivity index (χ1n) is 4.24. The van der Waals surface area contributed by atoms with Crippen molar-refractivity contribution in [3.05, 3.63) is 40.8 Å². The van der Waals surface area contributed by atoms with Crippen molar-refractivity contribution >= 4 is 22.9 Å². The largest absolute Gasteiger partial charge is 0.506 e. The third-order valence-electron chi connectivity index (χ3n) is 1.73. The fraction of sp³-hybridized carbons (Fsp3) is 0. The SMILES string of the molecule is O=C(Nc1cncc(O)c1)c1cccs1. The Hall–Kier alpha value is -1.88. The molecule has 4 nitrogen and oxygen atoms in total. The second kappa shape index (κ2) is 4.10. The molecule has 0 spiro atoms. The smallest absolute Gasteiger partial charge is 0.265 e. The van der Waals surface area contributed by atoms with Crippen LogP contribution in [0.1, 0.15) is 9.67 Å². The number of carbonyl (C=O) groups excluding carboxylic acids is 1. The maximum Gasteiger partial charge on any atom is 0.265 e. The highest BCUT2D eigenvalue weighted by atomic mass is 32.1. The van der Waals surface area contributed by atoms with Crippen LogP contribution in [0.5, 0.6) is 5.75 Å². The Kier molecular flexibility index (Phi) is 2.64. The second-order valence-corrected chi connectivity index (χ2v) is 3.81. The van der Waals surface area contributed by atoms with Crippen molar-refractivity contribution in [2.75, 3.05) is 5.32 Å². The van der Waals surface area contributed by atoms with E-state index in [4.69, 9.17) is 5.11 Å². The first-order chi connectivity index (χ1) is 7.25. The van der Waals surface area contributed by atoms with E-state index in [1.54, 1.807) is 12.1 Å². The minimum absolute atomic E-state index is 0.0268. The fourth-order valence-corrected chi connectivity index (χ4v) is 1.72. The third kappa shape index (κ3) is 2.32. The van der Waals surface area contributed by atoms with Gasteiger partial charge in [0.15, 0.2) is 0 Å². The molecule has 0 saturated heterocycles. The molecule has 76 valence electrons. The van der Waals surface area contributed by atoms with E-state index in [9.17, 15) is 4.79 Å². The van der Waals surface area contributed by atoms with Crippen LogP contribution in [0.25, 0.3) is 0 Å². The molecule has 2 heterocycles. The lowest BCUT2D eigenvalue weighted by Crippen LogP contribution is -2.09. The first-order valence-corrected chi connectivity index (χ1v) is 5.12. The lowest BCUT2D eigenvalue weighted by atomic mass is 10.3. The number of amides is 1. The van der Waals surface area contributed by atoms with E-state index in [1.807, 2.05) is 5.38 Å². The lowest BCUT2D eigenvalue weighted by Gasteiger charge is -2.02. The van der Waals surface area contributed by atoms with E-state index < -0.39 is 0 Å². The van der Waals surface area contributed by atoms with Crippen LogP contribution in [-0.4, -0.2) is 16.0 Å². The van der Waals surface area contributed by atoms with Crippen molar-refractivity contribution < 1.29 is 9.90 Å². The quantitative estimate of drug-likeness (QED) is 0.814. The van der Waals surface area contributed by atoms with Gasteiger partial charge in [-0.2, -0.15) is 0 Å². The molecule has 2 aromatic heterocycles. The van der Waals surface area contributed by atoms with Crippen molar-refractivity contribution in [1.29, 1.82) is 0 Å². The van der Waals surface area contributed by atoms with Gasteiger partial charge >= 0.3 is 0 Å². The van der Waals surface area contributed by atoms with E-state index >= 15 is 0 Å². The molecule has 15 heavy (non-hydrogen) atoms. The van der Waals surface area contributed by atoms with Crippen molar-refractivity contribution in [2.24, 2.45) is 0 Å². The number of rotatable bonds is 2. The summed E-state index contributed by atoms with van der Waals surface area (Å²) in [6.07, 6.45) is 2.78. The van der Waals surface area contributed by atoms with Gasteiger partial charge in [0.2, 0.25) is 0 Å². The van der Waals surface area contributed by atoms with Gasteiger partial charge in [0.1, 0.15) is 5.75 Å². The lowest BCUT2D eigenvalue weighted by molar-refractivity contribution is 0.103. The monoisotopic (exact) mass is 220 g/mol. The van der Waals surface area contributed by atoms with Crippen molar-refractivity contribution in [1.82, 2.24) is 4.98 Å². The van der Waals surface area contributed by atoms with Gasteiger partial charge in [-0.1, -0.05) is 6.07 Å². The van der Waals surface area contributed by atoms with E-state index in [1.165, 1.54) is 29.8 Å². The Morgan fingerprint density at radius 1 is 1.47 bits per heavy atom. The zero-order valence-electron chi connectivity index (χ0n) is 7.68. The number of nitrogens with zero attached hydrogens (tertiary/aromatic N) is 1. The van der Waals surface area contributed by atoms with Crippen LogP contribution in [0, 0.1) is 0 Å². The van der Waals surface area contributed by atoms with Crippen LogP contribution in [0.15, 0.2) is 36.0 Å². The highest BCUT2D eigenvalue weighted by molar-refractivity contribution is 7.12. The van der Waals surface area contributed by atoms with Crippen LogP contribution in [0.2, 0.25) is 0 Å². The Balaban J connectivity index is 2.13. The summed E-state index contributed by atoms with van der Waals surface area (Å²) in [4.78, 5) is 16.0. The summed E-state index contributed by atoms with van der Waals surface area (Å²) in [5, 5.41) is 13.6. The minimum atomic E-state index is -0.197. The van der Waals surface area contributed by atoms with Crippen LogP contribution in [0.3, 0.4) is 0 Å². The van der Waals surface area contributed by atoms with E-state index in [0.717, 1.165) is 0 Å².